The number of halogens is 2. The van der Waals surface area contributed by atoms with E-state index in [9.17, 15) is 9.59 Å². The van der Waals surface area contributed by atoms with Crippen LogP contribution in [0.4, 0.5) is 0 Å². The van der Waals surface area contributed by atoms with E-state index in [-0.39, 0.29) is 21.2 Å². The van der Waals surface area contributed by atoms with Crippen molar-refractivity contribution in [2.24, 2.45) is 11.5 Å². The molecule has 1 rings (SSSR count). The number of amides is 2. The third kappa shape index (κ3) is 1.97. The molecule has 14 heavy (non-hydrogen) atoms. The van der Waals surface area contributed by atoms with Crippen molar-refractivity contribution in [2.75, 3.05) is 0 Å². The number of nitrogens with two attached hydrogens (primary N) is 2. The Morgan fingerprint density at radius 3 is 1.43 bits per heavy atom. The van der Waals surface area contributed by atoms with Gasteiger partial charge in [0.15, 0.2) is 0 Å². The minimum atomic E-state index is -0.715. The molecule has 4 nitrogen and oxygen atoms in total. The average Bonchev–Trinajstić information content (AvgIpc) is 2.07. The summed E-state index contributed by atoms with van der Waals surface area (Å²) in [6.45, 7) is 0. The lowest BCUT2D eigenvalue weighted by atomic mass is 10.1. The summed E-state index contributed by atoms with van der Waals surface area (Å²) in [6.07, 6.45) is 0. The van der Waals surface area contributed by atoms with Gasteiger partial charge in [-0.25, -0.2) is 0 Å². The van der Waals surface area contributed by atoms with Crippen LogP contribution in [-0.4, -0.2) is 11.8 Å². The van der Waals surface area contributed by atoms with Crippen molar-refractivity contribution in [3.63, 3.8) is 0 Å². The van der Waals surface area contributed by atoms with Crippen LogP contribution in [0.2, 0.25) is 10.0 Å². The topological polar surface area (TPSA) is 86.2 Å². The largest absolute Gasteiger partial charge is 0.366 e. The van der Waals surface area contributed by atoms with Gasteiger partial charge in [-0.15, -0.1) is 0 Å². The second-order valence-corrected chi connectivity index (χ2v) is 3.35. The summed E-state index contributed by atoms with van der Waals surface area (Å²) in [5.41, 5.74) is 10.1. The highest BCUT2D eigenvalue weighted by Crippen LogP contribution is 2.24. The molecule has 0 atom stereocenters. The van der Waals surface area contributed by atoms with Gasteiger partial charge in [0.05, 0.1) is 21.2 Å². The van der Waals surface area contributed by atoms with E-state index in [1.165, 1.54) is 12.1 Å². The number of hydrogen-bond donors (Lipinski definition) is 2. The molecule has 0 saturated carbocycles. The monoisotopic (exact) mass is 232 g/mol. The number of hydrogen-bond acceptors (Lipinski definition) is 2. The Hall–Kier alpha value is -1.26. The Bertz CT molecular complexity index is 378. The first-order chi connectivity index (χ1) is 6.43. The van der Waals surface area contributed by atoms with Gasteiger partial charge in [0.1, 0.15) is 0 Å². The summed E-state index contributed by atoms with van der Waals surface area (Å²) in [5, 5.41) is 0.103. The molecule has 0 aliphatic rings. The standard InChI is InChI=1S/C8H6Cl2N2O2/c9-5-1-3(7(11)13)6(10)2-4(5)8(12)14/h1-2H,(H2,11,13)(H2,12,14). The van der Waals surface area contributed by atoms with Gasteiger partial charge in [-0.05, 0) is 12.1 Å². The highest BCUT2D eigenvalue weighted by Gasteiger charge is 2.13. The van der Waals surface area contributed by atoms with Crippen LogP contribution in [0.3, 0.4) is 0 Å². The number of primary amides is 2. The number of benzene rings is 1. The summed E-state index contributed by atoms with van der Waals surface area (Å²) in [6, 6.07) is 2.43. The molecule has 0 fully saturated rings. The van der Waals surface area contributed by atoms with Crippen molar-refractivity contribution in [3.05, 3.63) is 33.3 Å². The van der Waals surface area contributed by atoms with E-state index in [2.05, 4.69) is 0 Å². The average molecular weight is 233 g/mol. The van der Waals surface area contributed by atoms with Crippen molar-refractivity contribution in [1.82, 2.24) is 0 Å². The van der Waals surface area contributed by atoms with Crippen molar-refractivity contribution in [1.29, 1.82) is 0 Å². The summed E-state index contributed by atoms with van der Waals surface area (Å²) in [5.74, 6) is -1.43. The molecule has 4 N–H and O–H groups in total. The van der Waals surface area contributed by atoms with E-state index in [4.69, 9.17) is 34.7 Å². The summed E-state index contributed by atoms with van der Waals surface area (Å²) in [7, 11) is 0. The molecule has 0 radical (unpaired) electrons. The normalized spacial score (nSPS) is 9.86. The van der Waals surface area contributed by atoms with Gasteiger partial charge in [-0.3, -0.25) is 9.59 Å². The zero-order valence-electron chi connectivity index (χ0n) is 6.88. The molecule has 1 aromatic carbocycles. The molecule has 0 aromatic heterocycles. The summed E-state index contributed by atoms with van der Waals surface area (Å²) >= 11 is 11.3. The molecular weight excluding hydrogens is 227 g/mol. The van der Waals surface area contributed by atoms with E-state index in [1.807, 2.05) is 0 Å². The molecule has 0 aliphatic heterocycles. The lowest BCUT2D eigenvalue weighted by Gasteiger charge is -2.04. The van der Waals surface area contributed by atoms with Crippen LogP contribution >= 0.6 is 23.2 Å². The van der Waals surface area contributed by atoms with Crippen LogP contribution in [0.1, 0.15) is 20.7 Å². The first-order valence-corrected chi connectivity index (χ1v) is 4.27. The first kappa shape index (κ1) is 10.8. The van der Waals surface area contributed by atoms with E-state index >= 15 is 0 Å². The predicted octanol–water partition coefficient (Wildman–Crippen LogP) is 1.19. The quantitative estimate of drug-likeness (QED) is 0.803. The third-order valence-electron chi connectivity index (χ3n) is 1.59. The van der Waals surface area contributed by atoms with Crippen molar-refractivity contribution < 1.29 is 9.59 Å². The molecule has 0 heterocycles. The van der Waals surface area contributed by atoms with Crippen LogP contribution < -0.4 is 11.5 Å². The zero-order chi connectivity index (χ0) is 10.9. The van der Waals surface area contributed by atoms with E-state index in [1.54, 1.807) is 0 Å². The van der Waals surface area contributed by atoms with E-state index in [0.717, 1.165) is 0 Å². The SMILES string of the molecule is NC(=O)c1cc(Cl)c(C(N)=O)cc1Cl. The van der Waals surface area contributed by atoms with Crippen LogP contribution in [0.5, 0.6) is 0 Å². The fraction of sp³-hybridized carbons (Fsp3) is 0. The van der Waals surface area contributed by atoms with Gasteiger partial charge in [0, 0.05) is 0 Å². The van der Waals surface area contributed by atoms with Gasteiger partial charge >= 0.3 is 0 Å². The highest BCUT2D eigenvalue weighted by molar-refractivity contribution is 6.37. The Labute approximate surface area is 89.8 Å². The number of carbonyl (C=O) groups excluding carboxylic acids is 2. The van der Waals surface area contributed by atoms with Gasteiger partial charge in [0.2, 0.25) is 11.8 Å². The predicted molar refractivity (Wildman–Crippen MR) is 53.5 cm³/mol. The first-order valence-electron chi connectivity index (χ1n) is 3.52. The Morgan fingerprint density at radius 2 is 1.21 bits per heavy atom. The van der Waals surface area contributed by atoms with E-state index in [0.29, 0.717) is 0 Å². The minimum Gasteiger partial charge on any atom is -0.366 e. The molecular formula is C8H6Cl2N2O2. The fourth-order valence-electron chi connectivity index (χ4n) is 0.924. The maximum atomic E-state index is 10.8. The van der Waals surface area contributed by atoms with Crippen LogP contribution in [0.15, 0.2) is 12.1 Å². The Balaban J connectivity index is 3.38. The van der Waals surface area contributed by atoms with Gasteiger partial charge < -0.3 is 11.5 Å². The smallest absolute Gasteiger partial charge is 0.250 e. The lowest BCUT2D eigenvalue weighted by molar-refractivity contribution is 0.0988. The van der Waals surface area contributed by atoms with Crippen LogP contribution in [0, 0.1) is 0 Å². The van der Waals surface area contributed by atoms with Crippen molar-refractivity contribution >= 4 is 35.0 Å². The number of rotatable bonds is 2. The highest BCUT2D eigenvalue weighted by atomic mass is 35.5. The molecule has 0 unspecified atom stereocenters. The van der Waals surface area contributed by atoms with Crippen molar-refractivity contribution in [2.45, 2.75) is 0 Å². The van der Waals surface area contributed by atoms with E-state index < -0.39 is 11.8 Å². The molecule has 2 amide bonds. The second kappa shape index (κ2) is 3.86. The lowest BCUT2D eigenvalue weighted by Crippen LogP contribution is -2.15. The van der Waals surface area contributed by atoms with Crippen molar-refractivity contribution in [3.8, 4) is 0 Å². The van der Waals surface area contributed by atoms with Crippen LogP contribution in [0.25, 0.3) is 0 Å². The molecule has 0 spiro atoms. The second-order valence-electron chi connectivity index (χ2n) is 2.54. The Morgan fingerprint density at radius 1 is 0.929 bits per heavy atom. The minimum absolute atomic E-state index is 0.0516. The summed E-state index contributed by atoms with van der Waals surface area (Å²) in [4.78, 5) is 21.6. The Kier molecular flexibility index (Phi) is 2.98. The maximum Gasteiger partial charge on any atom is 0.250 e. The molecule has 0 aliphatic carbocycles. The molecule has 0 bridgehead atoms. The summed E-state index contributed by atoms with van der Waals surface area (Å²) < 4.78 is 0. The third-order valence-corrected chi connectivity index (χ3v) is 2.21. The fourth-order valence-corrected chi connectivity index (χ4v) is 1.44. The molecule has 6 heteroatoms. The van der Waals surface area contributed by atoms with Gasteiger partial charge in [-0.1, -0.05) is 23.2 Å². The number of carbonyl (C=O) groups is 2. The van der Waals surface area contributed by atoms with Gasteiger partial charge in [-0.2, -0.15) is 0 Å². The zero-order valence-corrected chi connectivity index (χ0v) is 8.39. The molecule has 1 aromatic rings. The maximum absolute atomic E-state index is 10.8. The molecule has 0 saturated heterocycles. The molecule has 74 valence electrons. The van der Waals surface area contributed by atoms with Crippen LogP contribution in [-0.2, 0) is 0 Å². The van der Waals surface area contributed by atoms with Gasteiger partial charge in [0.25, 0.3) is 0 Å².